The molecular formula is C18H24N2O6. The molecule has 2 aliphatic rings. The van der Waals surface area contributed by atoms with Crippen LogP contribution in [0, 0.1) is 5.41 Å². The Balaban J connectivity index is 1.83. The summed E-state index contributed by atoms with van der Waals surface area (Å²) in [6.45, 7) is 6.32. The number of amides is 2. The third-order valence-electron chi connectivity index (χ3n) is 4.97. The van der Waals surface area contributed by atoms with Crippen molar-refractivity contribution in [3.63, 3.8) is 0 Å². The second-order valence-electron chi connectivity index (χ2n) is 7.81. The normalized spacial score (nSPS) is 22.7. The zero-order chi connectivity index (χ0) is 19.1. The smallest absolute Gasteiger partial charge is 0.328 e. The number of hydrogen-bond donors (Lipinski definition) is 1. The van der Waals surface area contributed by atoms with Crippen LogP contribution in [0.3, 0.4) is 0 Å². The molecule has 2 fully saturated rings. The number of carboxylic acid groups (broad SMARTS) is 1. The van der Waals surface area contributed by atoms with E-state index in [0.717, 1.165) is 0 Å². The van der Waals surface area contributed by atoms with Gasteiger partial charge in [-0.25, -0.2) is 4.79 Å². The highest BCUT2D eigenvalue weighted by molar-refractivity contribution is 5.95. The van der Waals surface area contributed by atoms with Crippen LogP contribution >= 0.6 is 0 Å². The van der Waals surface area contributed by atoms with Crippen LogP contribution in [0.4, 0.5) is 0 Å². The molecule has 142 valence electrons. The van der Waals surface area contributed by atoms with Gasteiger partial charge >= 0.3 is 5.97 Å². The summed E-state index contributed by atoms with van der Waals surface area (Å²) in [5.74, 6) is -1.51. The highest BCUT2D eigenvalue weighted by Gasteiger charge is 2.55. The van der Waals surface area contributed by atoms with Gasteiger partial charge in [-0.3, -0.25) is 14.5 Å². The zero-order valence-electron chi connectivity index (χ0n) is 15.2. The summed E-state index contributed by atoms with van der Waals surface area (Å²) in [5, 5.41) is 9.52. The van der Waals surface area contributed by atoms with Gasteiger partial charge in [-0.1, -0.05) is 20.8 Å². The van der Waals surface area contributed by atoms with Crippen molar-refractivity contribution >= 4 is 17.8 Å². The average Bonchev–Trinajstić information content (AvgIpc) is 3.22. The van der Waals surface area contributed by atoms with E-state index in [9.17, 15) is 19.5 Å². The van der Waals surface area contributed by atoms with Gasteiger partial charge < -0.3 is 19.2 Å². The molecule has 0 bridgehead atoms. The number of carboxylic acids is 1. The number of furan rings is 1. The van der Waals surface area contributed by atoms with Crippen molar-refractivity contribution in [3.8, 4) is 0 Å². The molecule has 0 radical (unpaired) electrons. The Kier molecular flexibility index (Phi) is 4.56. The number of ether oxygens (including phenoxy) is 1. The monoisotopic (exact) mass is 364 g/mol. The number of likely N-dealkylation sites (tertiary alicyclic amines) is 1. The van der Waals surface area contributed by atoms with Crippen LogP contribution in [0.2, 0.25) is 0 Å². The topological polar surface area (TPSA) is 100 Å². The Morgan fingerprint density at radius 3 is 2.38 bits per heavy atom. The van der Waals surface area contributed by atoms with Gasteiger partial charge in [0.15, 0.2) is 11.8 Å². The summed E-state index contributed by atoms with van der Waals surface area (Å²) in [6, 6.07) is 2.01. The van der Waals surface area contributed by atoms with Crippen LogP contribution in [-0.2, 0) is 14.3 Å². The predicted molar refractivity (Wildman–Crippen MR) is 90.3 cm³/mol. The quantitative estimate of drug-likeness (QED) is 0.855. The minimum absolute atomic E-state index is 0.0315. The van der Waals surface area contributed by atoms with Crippen LogP contribution < -0.4 is 0 Å². The molecule has 1 spiro atoms. The summed E-state index contributed by atoms with van der Waals surface area (Å²) in [5.41, 5.74) is -1.52. The van der Waals surface area contributed by atoms with E-state index in [1.165, 1.54) is 17.2 Å². The fourth-order valence-corrected chi connectivity index (χ4v) is 3.61. The first kappa shape index (κ1) is 18.4. The molecule has 3 heterocycles. The third-order valence-corrected chi connectivity index (χ3v) is 4.97. The fourth-order valence-electron chi connectivity index (χ4n) is 3.61. The molecule has 26 heavy (non-hydrogen) atoms. The van der Waals surface area contributed by atoms with Crippen LogP contribution in [0.25, 0.3) is 0 Å². The second-order valence-corrected chi connectivity index (χ2v) is 7.81. The Hall–Kier alpha value is -2.35. The number of hydrogen-bond acceptors (Lipinski definition) is 5. The Morgan fingerprint density at radius 1 is 1.23 bits per heavy atom. The van der Waals surface area contributed by atoms with Crippen molar-refractivity contribution < 1.29 is 28.6 Å². The Bertz CT molecular complexity index is 698. The lowest BCUT2D eigenvalue weighted by molar-refractivity contribution is -0.152. The van der Waals surface area contributed by atoms with E-state index < -0.39 is 29.1 Å². The average molecular weight is 364 g/mol. The summed E-state index contributed by atoms with van der Waals surface area (Å²) in [6.07, 6.45) is 2.10. The van der Waals surface area contributed by atoms with E-state index in [1.54, 1.807) is 11.0 Å². The largest absolute Gasteiger partial charge is 0.480 e. The van der Waals surface area contributed by atoms with Crippen molar-refractivity contribution in [3.05, 3.63) is 24.2 Å². The molecule has 0 aliphatic carbocycles. The Labute approximate surface area is 151 Å². The first-order chi connectivity index (χ1) is 12.2. The highest BCUT2D eigenvalue weighted by Crippen LogP contribution is 2.39. The highest BCUT2D eigenvalue weighted by atomic mass is 16.5. The molecule has 1 aromatic heterocycles. The molecule has 1 aromatic rings. The summed E-state index contributed by atoms with van der Waals surface area (Å²) in [4.78, 5) is 40.1. The van der Waals surface area contributed by atoms with Crippen molar-refractivity contribution in [2.75, 3.05) is 19.7 Å². The lowest BCUT2D eigenvalue weighted by Crippen LogP contribution is -2.59. The first-order valence-electron chi connectivity index (χ1n) is 8.69. The standard InChI is InChI=1S/C18H24N2O6/c1-17(2,3)16(24)19-8-6-18(7-9-19)20(12(11-26-18)15(22)23)14(21)13-5-4-10-25-13/h4-5,10,12H,6-9,11H2,1-3H3,(H,22,23)/t12-/m1/s1. The van der Waals surface area contributed by atoms with Crippen molar-refractivity contribution in [1.29, 1.82) is 0 Å². The van der Waals surface area contributed by atoms with Crippen molar-refractivity contribution in [2.24, 2.45) is 5.41 Å². The number of rotatable bonds is 2. The minimum Gasteiger partial charge on any atom is -0.480 e. The van der Waals surface area contributed by atoms with E-state index in [1.807, 2.05) is 20.8 Å². The van der Waals surface area contributed by atoms with Gasteiger partial charge in [-0.2, -0.15) is 0 Å². The van der Waals surface area contributed by atoms with Crippen LogP contribution in [0.1, 0.15) is 44.2 Å². The van der Waals surface area contributed by atoms with Crippen LogP contribution in [0.15, 0.2) is 22.8 Å². The lowest BCUT2D eigenvalue weighted by atomic mass is 9.91. The van der Waals surface area contributed by atoms with Gasteiger partial charge in [0, 0.05) is 31.3 Å². The number of aliphatic carboxylic acids is 1. The maximum atomic E-state index is 12.9. The van der Waals surface area contributed by atoms with Gasteiger partial charge in [0.25, 0.3) is 5.91 Å². The number of carbonyl (C=O) groups excluding carboxylic acids is 2. The molecule has 2 saturated heterocycles. The number of nitrogens with zero attached hydrogens (tertiary/aromatic N) is 2. The van der Waals surface area contributed by atoms with E-state index in [-0.39, 0.29) is 18.3 Å². The van der Waals surface area contributed by atoms with Crippen molar-refractivity contribution in [1.82, 2.24) is 9.80 Å². The van der Waals surface area contributed by atoms with E-state index in [4.69, 9.17) is 9.15 Å². The molecule has 8 nitrogen and oxygen atoms in total. The summed E-state index contributed by atoms with van der Waals surface area (Å²) in [7, 11) is 0. The molecule has 0 saturated carbocycles. The Morgan fingerprint density at radius 2 is 1.88 bits per heavy atom. The van der Waals surface area contributed by atoms with Crippen molar-refractivity contribution in [2.45, 2.75) is 45.4 Å². The van der Waals surface area contributed by atoms with Gasteiger partial charge in [-0.05, 0) is 12.1 Å². The molecule has 2 aliphatic heterocycles. The lowest BCUT2D eigenvalue weighted by Gasteiger charge is -2.45. The van der Waals surface area contributed by atoms with Gasteiger partial charge in [0.2, 0.25) is 5.91 Å². The summed E-state index contributed by atoms with van der Waals surface area (Å²) < 4.78 is 11.0. The minimum atomic E-state index is -1.12. The first-order valence-corrected chi connectivity index (χ1v) is 8.69. The SMILES string of the molecule is CC(C)(C)C(=O)N1CCC2(CC1)OC[C@H](C(=O)O)N2C(=O)c1ccco1. The molecule has 8 heteroatoms. The molecule has 3 rings (SSSR count). The van der Waals surface area contributed by atoms with Gasteiger partial charge in [0.05, 0.1) is 12.9 Å². The predicted octanol–water partition coefficient (Wildman–Crippen LogP) is 1.57. The number of carbonyl (C=O) groups is 3. The maximum Gasteiger partial charge on any atom is 0.328 e. The van der Waals surface area contributed by atoms with Gasteiger partial charge in [0.1, 0.15) is 5.72 Å². The van der Waals surface area contributed by atoms with Crippen LogP contribution in [0.5, 0.6) is 0 Å². The molecule has 0 aromatic carbocycles. The molecule has 1 N–H and O–H groups in total. The molecular weight excluding hydrogens is 340 g/mol. The van der Waals surface area contributed by atoms with E-state index in [0.29, 0.717) is 25.9 Å². The number of piperidine rings is 1. The van der Waals surface area contributed by atoms with E-state index >= 15 is 0 Å². The van der Waals surface area contributed by atoms with Crippen LogP contribution in [-0.4, -0.2) is 64.2 Å². The molecule has 2 amide bonds. The van der Waals surface area contributed by atoms with Gasteiger partial charge in [-0.15, -0.1) is 0 Å². The van der Waals surface area contributed by atoms with E-state index in [2.05, 4.69) is 0 Å². The molecule has 0 unspecified atom stereocenters. The fraction of sp³-hybridized carbons (Fsp3) is 0.611. The molecule has 1 atom stereocenters. The third kappa shape index (κ3) is 3.09. The second kappa shape index (κ2) is 6.42. The zero-order valence-corrected chi connectivity index (χ0v) is 15.2. The summed E-state index contributed by atoms with van der Waals surface area (Å²) >= 11 is 0. The maximum absolute atomic E-state index is 12.9.